The molecule has 1 aromatic carbocycles. The Bertz CT molecular complexity index is 228. The van der Waals surface area contributed by atoms with Crippen molar-refractivity contribution in [1.82, 2.24) is 0 Å². The van der Waals surface area contributed by atoms with Crippen LogP contribution in [-0.4, -0.2) is 15.2 Å². The van der Waals surface area contributed by atoms with Gasteiger partial charge in [0.15, 0.2) is 0 Å². The third kappa shape index (κ3) is 3.43. The fourth-order valence-electron chi connectivity index (χ4n) is 1.07. The van der Waals surface area contributed by atoms with E-state index in [1.807, 2.05) is 0 Å². The van der Waals surface area contributed by atoms with E-state index in [1.54, 1.807) is 4.43 Å². The van der Waals surface area contributed by atoms with E-state index in [4.69, 9.17) is 0 Å². The number of hydrogen-bond acceptors (Lipinski definition) is 0. The van der Waals surface area contributed by atoms with Crippen LogP contribution in [0, 0.1) is 12.8 Å². The summed E-state index contributed by atoms with van der Waals surface area (Å²) in [6.07, 6.45) is 0. The molecule has 65 valence electrons. The van der Waals surface area contributed by atoms with E-state index in [0.717, 1.165) is 5.92 Å². The van der Waals surface area contributed by atoms with Crippen molar-refractivity contribution in [2.24, 2.45) is 5.92 Å². The molecule has 0 aliphatic carbocycles. The van der Waals surface area contributed by atoms with Crippen molar-refractivity contribution < 1.29 is 1.43 Å². The number of hydrogen-bond donors (Lipinski definition) is 0. The van der Waals surface area contributed by atoms with Crippen LogP contribution >= 0.6 is 0 Å². The first-order chi connectivity index (χ1) is 5.68. The van der Waals surface area contributed by atoms with Crippen LogP contribution in [0.4, 0.5) is 0 Å². The van der Waals surface area contributed by atoms with E-state index in [1.165, 1.54) is 10.8 Å². The molecule has 0 unspecified atom stereocenters. The van der Waals surface area contributed by atoms with E-state index in [2.05, 4.69) is 45.0 Å². The Balaban J connectivity index is 0.00000144. The molecule has 1 aromatic rings. The minimum Gasteiger partial charge on any atom is -0.124 e. The Morgan fingerprint density at radius 3 is 2.33 bits per heavy atom. The van der Waals surface area contributed by atoms with E-state index in [-0.39, 0.29) is 1.43 Å². The second-order valence-corrected chi connectivity index (χ2v) is 5.29. The summed E-state index contributed by atoms with van der Waals surface area (Å²) in [6, 6.07) is 8.96. The molecule has 0 saturated heterocycles. The van der Waals surface area contributed by atoms with Gasteiger partial charge in [0.25, 0.3) is 15.2 Å². The van der Waals surface area contributed by atoms with Gasteiger partial charge in [0, 0.05) is 1.43 Å². The summed E-state index contributed by atoms with van der Waals surface area (Å²) in [5, 5.41) is 1.38. The molecule has 0 spiro atoms. The van der Waals surface area contributed by atoms with Crippen LogP contribution < -0.4 is 4.43 Å². The lowest BCUT2D eigenvalue weighted by molar-refractivity contribution is 0.732. The highest BCUT2D eigenvalue weighted by Crippen LogP contribution is 1.99. The molecular formula is C11H18Al. The zero-order valence-electron chi connectivity index (χ0n) is 8.17. The number of benzene rings is 1. The van der Waals surface area contributed by atoms with E-state index in [9.17, 15) is 0 Å². The maximum atomic E-state index is 2.29. The molecule has 0 fully saturated rings. The fraction of sp³-hybridized carbons (Fsp3) is 0.455. The van der Waals surface area contributed by atoms with Crippen LogP contribution in [0.3, 0.4) is 0 Å². The van der Waals surface area contributed by atoms with Gasteiger partial charge in [-0.2, -0.15) is 0 Å². The molecule has 1 heteroatoms. The molecule has 1 radical (unpaired) electrons. The maximum Gasteiger partial charge on any atom is 0.250 e. The first kappa shape index (κ1) is 9.84. The second-order valence-electron chi connectivity index (χ2n) is 3.74. The minimum absolute atomic E-state index is 0. The van der Waals surface area contributed by atoms with Gasteiger partial charge in [-0.1, -0.05) is 54.9 Å². The van der Waals surface area contributed by atoms with Gasteiger partial charge in [-0.25, -0.2) is 0 Å². The van der Waals surface area contributed by atoms with Crippen LogP contribution in [-0.2, 0) is 0 Å². The quantitative estimate of drug-likeness (QED) is 0.623. The lowest BCUT2D eigenvalue weighted by Crippen LogP contribution is -2.14. The fourth-order valence-corrected chi connectivity index (χ4v) is 2.28. The zero-order valence-corrected chi connectivity index (χ0v) is 9.33. The second kappa shape index (κ2) is 4.70. The van der Waals surface area contributed by atoms with Crippen molar-refractivity contribution in [2.75, 3.05) is 0 Å². The third-order valence-corrected chi connectivity index (χ3v) is 3.94. The van der Waals surface area contributed by atoms with Crippen LogP contribution in [0.2, 0.25) is 5.28 Å². The zero-order chi connectivity index (χ0) is 8.97. The van der Waals surface area contributed by atoms with Crippen LogP contribution in [0.15, 0.2) is 24.3 Å². The molecule has 1 rings (SSSR count). The average Bonchev–Trinajstić information content (AvgIpc) is 2.03. The average molecular weight is 177 g/mol. The monoisotopic (exact) mass is 177 g/mol. The highest BCUT2D eigenvalue weighted by atomic mass is 27.1. The molecule has 0 saturated carbocycles. The predicted octanol–water partition coefficient (Wildman–Crippen LogP) is 2.64. The summed E-state index contributed by atoms with van der Waals surface area (Å²) in [6.45, 7) is 6.73. The maximum absolute atomic E-state index is 2.29. The van der Waals surface area contributed by atoms with E-state index < -0.39 is 0 Å². The van der Waals surface area contributed by atoms with Crippen molar-refractivity contribution in [2.45, 2.75) is 26.1 Å². The number of rotatable bonds is 3. The topological polar surface area (TPSA) is 0 Å². The molecule has 0 atom stereocenters. The summed E-state index contributed by atoms with van der Waals surface area (Å²) in [5.41, 5.74) is 1.36. The van der Waals surface area contributed by atoms with Gasteiger partial charge in [-0.05, 0) is 6.92 Å². The molecule has 0 aliphatic rings. The third-order valence-electron chi connectivity index (χ3n) is 1.90. The van der Waals surface area contributed by atoms with Crippen molar-refractivity contribution in [3.63, 3.8) is 0 Å². The normalized spacial score (nSPS) is 10.3. The minimum atomic E-state index is 0. The molecule has 0 N–H and O–H groups in total. The Morgan fingerprint density at radius 1 is 1.25 bits per heavy atom. The van der Waals surface area contributed by atoms with Gasteiger partial charge in [-0.15, -0.1) is 4.43 Å². The van der Waals surface area contributed by atoms with E-state index in [0.29, 0.717) is 15.2 Å². The molecule has 0 aromatic heterocycles. The molecule has 0 amide bonds. The van der Waals surface area contributed by atoms with Gasteiger partial charge in [-0.3, -0.25) is 0 Å². The van der Waals surface area contributed by atoms with Gasteiger partial charge >= 0.3 is 0 Å². The molecule has 0 heterocycles. The predicted molar refractivity (Wildman–Crippen MR) is 58.3 cm³/mol. The summed E-state index contributed by atoms with van der Waals surface area (Å²) in [7, 11) is 0. The molecular weight excluding hydrogens is 159 g/mol. The van der Waals surface area contributed by atoms with E-state index >= 15 is 0 Å². The van der Waals surface area contributed by atoms with Gasteiger partial charge < -0.3 is 0 Å². The van der Waals surface area contributed by atoms with Crippen molar-refractivity contribution in [3.8, 4) is 0 Å². The number of aryl methyl sites for hydroxylation is 1. The summed E-state index contributed by atoms with van der Waals surface area (Å²) in [4.78, 5) is 0. The summed E-state index contributed by atoms with van der Waals surface area (Å²) >= 11 is 0.503. The molecule has 0 bridgehead atoms. The van der Waals surface area contributed by atoms with Gasteiger partial charge in [0.1, 0.15) is 0 Å². The van der Waals surface area contributed by atoms with Crippen molar-refractivity contribution in [1.29, 1.82) is 0 Å². The Kier molecular flexibility index (Phi) is 3.85. The Labute approximate surface area is 83.2 Å². The first-order valence-corrected chi connectivity index (χ1v) is 5.98. The lowest BCUT2D eigenvalue weighted by Gasteiger charge is -2.02. The molecule has 0 nitrogen and oxygen atoms in total. The highest BCUT2D eigenvalue weighted by molar-refractivity contribution is 6.53. The smallest absolute Gasteiger partial charge is 0.124 e. The molecule has 0 aliphatic heterocycles. The van der Waals surface area contributed by atoms with Crippen LogP contribution in [0.1, 0.15) is 20.8 Å². The summed E-state index contributed by atoms with van der Waals surface area (Å²) in [5.74, 6) is 0.848. The first-order valence-electron chi connectivity index (χ1n) is 4.58. The Hall–Kier alpha value is -0.248. The van der Waals surface area contributed by atoms with Crippen LogP contribution in [0.25, 0.3) is 0 Å². The standard InChI is InChI=1S/C7H7.C4H9.Al.H2/c1-7-5-3-2-4-6-7;1-4(2)3;;/h3-6H,1H3;4H,1H2,2-3H3;;1H. The highest BCUT2D eigenvalue weighted by Gasteiger charge is 1.98. The lowest BCUT2D eigenvalue weighted by atomic mass is 10.2. The van der Waals surface area contributed by atoms with Crippen molar-refractivity contribution >= 4 is 19.6 Å². The van der Waals surface area contributed by atoms with Gasteiger partial charge in [0.2, 0.25) is 0 Å². The molecule has 12 heavy (non-hydrogen) atoms. The van der Waals surface area contributed by atoms with Gasteiger partial charge in [0.05, 0.1) is 0 Å². The SMILES string of the molecule is Cc1cc[c]([Al][CH2]C(C)C)cc1.[HH]. The Morgan fingerprint density at radius 2 is 1.83 bits per heavy atom. The van der Waals surface area contributed by atoms with Crippen LogP contribution in [0.5, 0.6) is 0 Å². The van der Waals surface area contributed by atoms with Crippen molar-refractivity contribution in [3.05, 3.63) is 29.8 Å². The summed E-state index contributed by atoms with van der Waals surface area (Å²) < 4.78 is 1.55. The largest absolute Gasteiger partial charge is 0.250 e.